The lowest BCUT2D eigenvalue weighted by Gasteiger charge is -2.52. The second kappa shape index (κ2) is 8.85. The third kappa shape index (κ3) is 4.22. The maximum absolute atomic E-state index is 13.4. The zero-order valence-electron chi connectivity index (χ0n) is 19.0. The van der Waals surface area contributed by atoms with Gasteiger partial charge in [-0.3, -0.25) is 4.79 Å². The number of ether oxygens (including phenoxy) is 1. The number of carbonyl (C=O) groups excluding carboxylic acids is 2. The highest BCUT2D eigenvalue weighted by molar-refractivity contribution is 7.10. The molecule has 178 valence electrons. The van der Waals surface area contributed by atoms with Crippen molar-refractivity contribution in [3.05, 3.63) is 34.2 Å². The molecule has 8 nitrogen and oxygen atoms in total. The van der Waals surface area contributed by atoms with Crippen molar-refractivity contribution in [2.75, 3.05) is 31.5 Å². The first-order chi connectivity index (χ1) is 15.9. The van der Waals surface area contributed by atoms with Crippen LogP contribution in [0.25, 0.3) is 0 Å². The van der Waals surface area contributed by atoms with Crippen LogP contribution in [0.15, 0.2) is 28.1 Å². The predicted molar refractivity (Wildman–Crippen MR) is 122 cm³/mol. The first-order valence-electron chi connectivity index (χ1n) is 12.0. The summed E-state index contributed by atoms with van der Waals surface area (Å²) in [5, 5.41) is 20.1. The molecule has 0 radical (unpaired) electrons. The summed E-state index contributed by atoms with van der Waals surface area (Å²) >= 11 is 1.40. The Balaban J connectivity index is 1.26. The van der Waals surface area contributed by atoms with Crippen LogP contribution in [0.4, 0.5) is 5.82 Å². The van der Waals surface area contributed by atoms with E-state index < -0.39 is 11.6 Å². The highest BCUT2D eigenvalue weighted by Gasteiger charge is 2.54. The van der Waals surface area contributed by atoms with Crippen molar-refractivity contribution in [1.82, 2.24) is 5.16 Å². The van der Waals surface area contributed by atoms with Crippen molar-refractivity contribution >= 4 is 29.0 Å². The molecule has 2 N–H and O–H groups in total. The SMILES string of the molecule is CCc1cc(NC(=O)C[N+]23CCC(CC2)C(OC(=O)[C@@](O)(c2cccs2)C2CCC2)C3)no1. The van der Waals surface area contributed by atoms with Gasteiger partial charge in [-0.15, -0.1) is 11.3 Å². The second-order valence-corrected chi connectivity index (χ2v) is 10.8. The average molecular weight is 475 g/mol. The Hall–Kier alpha value is -2.23. The molecule has 5 heterocycles. The molecule has 2 aromatic heterocycles. The molecule has 2 atom stereocenters. The first-order valence-corrected chi connectivity index (χ1v) is 12.9. The molecule has 0 aromatic carbocycles. The lowest BCUT2D eigenvalue weighted by molar-refractivity contribution is -0.939. The molecular formula is C24H32N3O5S+. The summed E-state index contributed by atoms with van der Waals surface area (Å²) in [6.45, 7) is 4.67. The fourth-order valence-electron chi connectivity index (χ4n) is 5.62. The zero-order chi connectivity index (χ0) is 23.1. The second-order valence-electron chi connectivity index (χ2n) is 9.86. The third-order valence-electron chi connectivity index (χ3n) is 7.86. The van der Waals surface area contributed by atoms with Crippen molar-refractivity contribution in [1.29, 1.82) is 0 Å². The fraction of sp³-hybridized carbons (Fsp3) is 0.625. The molecule has 2 aromatic rings. The molecule has 2 bridgehead atoms. The van der Waals surface area contributed by atoms with Crippen molar-refractivity contribution in [3.8, 4) is 0 Å². The predicted octanol–water partition coefficient (Wildman–Crippen LogP) is 3.08. The molecule has 6 rings (SSSR count). The average Bonchev–Trinajstić information content (AvgIpc) is 3.45. The molecule has 9 heteroatoms. The van der Waals surface area contributed by atoms with Crippen molar-refractivity contribution in [2.45, 2.75) is 57.2 Å². The van der Waals surface area contributed by atoms with E-state index in [0.717, 1.165) is 57.4 Å². The van der Waals surface area contributed by atoms with Gasteiger partial charge in [-0.2, -0.15) is 0 Å². The molecule has 1 aliphatic carbocycles. The number of aromatic nitrogens is 1. The number of esters is 1. The highest BCUT2D eigenvalue weighted by Crippen LogP contribution is 2.46. The van der Waals surface area contributed by atoms with Gasteiger partial charge in [0.2, 0.25) is 0 Å². The number of piperidine rings is 3. The van der Waals surface area contributed by atoms with Gasteiger partial charge < -0.3 is 24.2 Å². The van der Waals surface area contributed by atoms with Gasteiger partial charge in [-0.05, 0) is 24.3 Å². The molecule has 4 fully saturated rings. The number of hydrogen-bond acceptors (Lipinski definition) is 7. The summed E-state index contributed by atoms with van der Waals surface area (Å²) < 4.78 is 11.8. The number of aryl methyl sites for hydroxylation is 1. The summed E-state index contributed by atoms with van der Waals surface area (Å²) in [6.07, 6.45) is 4.96. The van der Waals surface area contributed by atoms with E-state index in [1.54, 1.807) is 6.07 Å². The lowest BCUT2D eigenvalue weighted by atomic mass is 9.72. The van der Waals surface area contributed by atoms with Gasteiger partial charge in [-0.25, -0.2) is 4.79 Å². The Labute approximate surface area is 197 Å². The Morgan fingerprint density at radius 2 is 2.12 bits per heavy atom. The van der Waals surface area contributed by atoms with E-state index in [-0.39, 0.29) is 23.8 Å². The van der Waals surface area contributed by atoms with E-state index in [1.807, 2.05) is 24.4 Å². The van der Waals surface area contributed by atoms with E-state index in [2.05, 4.69) is 10.5 Å². The van der Waals surface area contributed by atoms with Gasteiger partial charge in [0.05, 0.1) is 13.1 Å². The number of hydrogen-bond donors (Lipinski definition) is 2. The Bertz CT molecular complexity index is 994. The summed E-state index contributed by atoms with van der Waals surface area (Å²) in [4.78, 5) is 26.8. The Kier molecular flexibility index (Phi) is 6.05. The van der Waals surface area contributed by atoms with Crippen molar-refractivity contribution in [2.24, 2.45) is 11.8 Å². The summed E-state index contributed by atoms with van der Waals surface area (Å²) in [7, 11) is 0. The molecule has 1 unspecified atom stereocenters. The standard InChI is InChI=1S/C24H31N3O5S/c1-2-18-13-21(26-32-18)25-22(28)15-27-10-8-16(9-11-27)19(14-27)31-23(29)24(30,17-5-3-6-17)20-7-4-12-33-20/h4,7,12-13,16-17,19,30H,2-3,5-6,8-11,14-15H2,1H3/p+1/t16?,19?,24-,27?/m0/s1. The summed E-state index contributed by atoms with van der Waals surface area (Å²) in [5.41, 5.74) is -1.56. The van der Waals surface area contributed by atoms with Gasteiger partial charge in [0, 0.05) is 42.0 Å². The topological polar surface area (TPSA) is 102 Å². The smallest absolute Gasteiger partial charge is 0.344 e. The van der Waals surface area contributed by atoms with E-state index >= 15 is 0 Å². The molecule has 4 aliphatic rings. The van der Waals surface area contributed by atoms with Crippen molar-refractivity contribution < 1.29 is 28.4 Å². The van der Waals surface area contributed by atoms with Gasteiger partial charge >= 0.3 is 5.97 Å². The zero-order valence-corrected chi connectivity index (χ0v) is 19.8. The van der Waals surface area contributed by atoms with Crippen LogP contribution in [0, 0.1) is 11.8 Å². The molecule has 1 amide bonds. The van der Waals surface area contributed by atoms with E-state index in [0.29, 0.717) is 28.3 Å². The minimum Gasteiger partial charge on any atom is -0.454 e. The highest BCUT2D eigenvalue weighted by atomic mass is 32.1. The molecule has 0 spiro atoms. The third-order valence-corrected chi connectivity index (χ3v) is 8.85. The lowest BCUT2D eigenvalue weighted by Crippen LogP contribution is -2.66. The number of amides is 1. The Morgan fingerprint density at radius 3 is 2.73 bits per heavy atom. The maximum atomic E-state index is 13.4. The normalized spacial score (nSPS) is 28.7. The monoisotopic (exact) mass is 474 g/mol. The molecule has 33 heavy (non-hydrogen) atoms. The van der Waals surface area contributed by atoms with Crippen LogP contribution < -0.4 is 5.32 Å². The number of rotatable bonds is 8. The van der Waals surface area contributed by atoms with Crippen LogP contribution in [0.3, 0.4) is 0 Å². The number of aliphatic hydroxyl groups is 1. The first kappa shape index (κ1) is 22.6. The number of quaternary nitrogens is 1. The number of thiophene rings is 1. The van der Waals surface area contributed by atoms with E-state index in [4.69, 9.17) is 9.26 Å². The van der Waals surface area contributed by atoms with Crippen LogP contribution in [-0.2, 0) is 26.3 Å². The molecule has 3 aliphatic heterocycles. The van der Waals surface area contributed by atoms with Crippen LogP contribution >= 0.6 is 11.3 Å². The van der Waals surface area contributed by atoms with Crippen LogP contribution in [0.2, 0.25) is 0 Å². The van der Waals surface area contributed by atoms with Gasteiger partial charge in [0.25, 0.3) is 5.91 Å². The van der Waals surface area contributed by atoms with Crippen LogP contribution in [-0.4, -0.2) is 58.9 Å². The number of nitrogens with one attached hydrogen (secondary N) is 1. The maximum Gasteiger partial charge on any atom is 0.344 e. The minimum atomic E-state index is -1.56. The van der Waals surface area contributed by atoms with E-state index in [9.17, 15) is 14.7 Å². The Morgan fingerprint density at radius 1 is 1.33 bits per heavy atom. The molecule has 3 saturated heterocycles. The van der Waals surface area contributed by atoms with Gasteiger partial charge in [0.15, 0.2) is 24.1 Å². The number of anilines is 1. The molecule has 1 saturated carbocycles. The minimum absolute atomic E-state index is 0.0888. The van der Waals surface area contributed by atoms with Gasteiger partial charge in [-0.1, -0.05) is 24.6 Å². The summed E-state index contributed by atoms with van der Waals surface area (Å²) in [5.74, 6) is 0.730. The van der Waals surface area contributed by atoms with Crippen LogP contribution in [0.5, 0.6) is 0 Å². The molecular weight excluding hydrogens is 442 g/mol. The number of carbonyl (C=O) groups is 2. The number of nitrogens with zero attached hydrogens (tertiary/aromatic N) is 2. The fourth-order valence-corrected chi connectivity index (χ4v) is 6.51. The quantitative estimate of drug-likeness (QED) is 0.450. The summed E-state index contributed by atoms with van der Waals surface area (Å²) in [6, 6.07) is 5.44. The van der Waals surface area contributed by atoms with Crippen LogP contribution in [0.1, 0.15) is 49.7 Å². The number of fused-ring (bicyclic) bond motifs is 3. The largest absolute Gasteiger partial charge is 0.454 e. The van der Waals surface area contributed by atoms with Gasteiger partial charge in [0.1, 0.15) is 12.3 Å². The van der Waals surface area contributed by atoms with Crippen molar-refractivity contribution in [3.63, 3.8) is 0 Å². The van der Waals surface area contributed by atoms with E-state index in [1.165, 1.54) is 11.3 Å².